The Bertz CT molecular complexity index is 248. The van der Waals surface area contributed by atoms with E-state index in [1.807, 2.05) is 0 Å². The third-order valence-corrected chi connectivity index (χ3v) is 1.34. The molecular formula is C8H12N2O3. The first kappa shape index (κ1) is 11.4. The van der Waals surface area contributed by atoms with E-state index in [1.165, 1.54) is 20.3 Å². The number of allylic oxidation sites excluding steroid dienone is 1. The average Bonchev–Trinajstić information content (AvgIpc) is 2.14. The molecule has 13 heavy (non-hydrogen) atoms. The molecule has 0 spiro atoms. The van der Waals surface area contributed by atoms with Gasteiger partial charge in [-0.05, 0) is 6.92 Å². The van der Waals surface area contributed by atoms with Gasteiger partial charge in [0, 0.05) is 25.9 Å². The summed E-state index contributed by atoms with van der Waals surface area (Å²) < 4.78 is 0. The average molecular weight is 184 g/mol. The van der Waals surface area contributed by atoms with E-state index in [2.05, 4.69) is 0 Å². The SMILES string of the molecule is C/C(C=O)=C\N(C)C(=O)N(C)C=O. The Labute approximate surface area is 76.6 Å². The highest BCUT2D eigenvalue weighted by Gasteiger charge is 2.10. The third kappa shape index (κ3) is 3.50. The van der Waals surface area contributed by atoms with Gasteiger partial charge in [-0.15, -0.1) is 0 Å². The minimum Gasteiger partial charge on any atom is -0.303 e. The highest BCUT2D eigenvalue weighted by atomic mass is 16.2. The van der Waals surface area contributed by atoms with Crippen molar-refractivity contribution in [3.05, 3.63) is 11.8 Å². The summed E-state index contributed by atoms with van der Waals surface area (Å²) in [7, 11) is 2.81. The summed E-state index contributed by atoms with van der Waals surface area (Å²) in [6.45, 7) is 1.57. The molecule has 0 saturated carbocycles. The lowest BCUT2D eigenvalue weighted by Gasteiger charge is -2.16. The normalized spacial score (nSPS) is 10.5. The quantitative estimate of drug-likeness (QED) is 0.466. The number of aldehydes is 1. The highest BCUT2D eigenvalue weighted by molar-refractivity contribution is 5.85. The number of rotatable bonds is 3. The molecule has 0 aromatic heterocycles. The van der Waals surface area contributed by atoms with E-state index < -0.39 is 6.03 Å². The molecule has 0 aliphatic rings. The van der Waals surface area contributed by atoms with Gasteiger partial charge in [-0.25, -0.2) is 4.79 Å². The first-order chi connectivity index (χ1) is 6.02. The van der Waals surface area contributed by atoms with Crippen molar-refractivity contribution >= 4 is 18.7 Å². The fourth-order valence-electron chi connectivity index (χ4n) is 0.685. The lowest BCUT2D eigenvalue weighted by molar-refractivity contribution is -0.115. The van der Waals surface area contributed by atoms with E-state index in [9.17, 15) is 14.4 Å². The Morgan fingerprint density at radius 3 is 2.08 bits per heavy atom. The number of amides is 3. The van der Waals surface area contributed by atoms with Crippen molar-refractivity contribution in [2.24, 2.45) is 0 Å². The monoisotopic (exact) mass is 184 g/mol. The Kier molecular flexibility index (Phi) is 4.43. The molecule has 0 bridgehead atoms. The maximum absolute atomic E-state index is 11.2. The fraction of sp³-hybridized carbons (Fsp3) is 0.375. The van der Waals surface area contributed by atoms with Crippen molar-refractivity contribution in [3.63, 3.8) is 0 Å². The number of imide groups is 1. The molecule has 5 heteroatoms. The summed E-state index contributed by atoms with van der Waals surface area (Å²) >= 11 is 0. The fourth-order valence-corrected chi connectivity index (χ4v) is 0.685. The van der Waals surface area contributed by atoms with E-state index in [4.69, 9.17) is 0 Å². The Balaban J connectivity index is 4.43. The number of urea groups is 1. The number of hydrogen-bond donors (Lipinski definition) is 0. The molecule has 0 aliphatic heterocycles. The molecule has 0 rings (SSSR count). The van der Waals surface area contributed by atoms with E-state index in [-0.39, 0.29) is 0 Å². The summed E-state index contributed by atoms with van der Waals surface area (Å²) in [5.41, 5.74) is 0.412. The molecule has 0 aliphatic carbocycles. The Morgan fingerprint density at radius 2 is 1.69 bits per heavy atom. The first-order valence-corrected chi connectivity index (χ1v) is 3.61. The van der Waals surface area contributed by atoms with Gasteiger partial charge in [-0.3, -0.25) is 14.5 Å². The van der Waals surface area contributed by atoms with Crippen LogP contribution in [-0.2, 0) is 9.59 Å². The zero-order chi connectivity index (χ0) is 10.4. The molecule has 0 N–H and O–H groups in total. The standard InChI is InChI=1S/C8H12N2O3/c1-7(5-11)4-9(2)8(13)10(3)6-12/h4-6H,1-3H3/b7-4+. The van der Waals surface area contributed by atoms with Gasteiger partial charge in [0.15, 0.2) is 0 Å². The van der Waals surface area contributed by atoms with E-state index in [1.54, 1.807) is 6.92 Å². The smallest absolute Gasteiger partial charge is 0.303 e. The van der Waals surface area contributed by atoms with Gasteiger partial charge in [0.05, 0.1) is 0 Å². The molecule has 0 heterocycles. The molecule has 5 nitrogen and oxygen atoms in total. The largest absolute Gasteiger partial charge is 0.329 e. The molecule has 0 aromatic carbocycles. The Morgan fingerprint density at radius 1 is 1.15 bits per heavy atom. The zero-order valence-corrected chi connectivity index (χ0v) is 7.85. The van der Waals surface area contributed by atoms with Gasteiger partial charge >= 0.3 is 6.03 Å². The Hall–Kier alpha value is -1.65. The topological polar surface area (TPSA) is 57.7 Å². The summed E-state index contributed by atoms with van der Waals surface area (Å²) in [6, 6.07) is -0.490. The first-order valence-electron chi connectivity index (χ1n) is 3.61. The van der Waals surface area contributed by atoms with Crippen molar-refractivity contribution in [2.45, 2.75) is 6.92 Å². The molecule has 3 amide bonds. The van der Waals surface area contributed by atoms with Crippen LogP contribution in [0.15, 0.2) is 11.8 Å². The van der Waals surface area contributed by atoms with Crippen molar-refractivity contribution in [1.82, 2.24) is 9.80 Å². The predicted molar refractivity (Wildman–Crippen MR) is 46.8 cm³/mol. The van der Waals surface area contributed by atoms with Gasteiger partial charge in [-0.2, -0.15) is 0 Å². The van der Waals surface area contributed by atoms with E-state index in [0.29, 0.717) is 18.3 Å². The minimum absolute atomic E-state index is 0.406. The minimum atomic E-state index is -0.490. The zero-order valence-electron chi connectivity index (χ0n) is 7.85. The molecule has 0 atom stereocenters. The van der Waals surface area contributed by atoms with Crippen molar-refractivity contribution in [3.8, 4) is 0 Å². The van der Waals surface area contributed by atoms with Crippen molar-refractivity contribution in [2.75, 3.05) is 14.1 Å². The lowest BCUT2D eigenvalue weighted by Crippen LogP contribution is -2.34. The third-order valence-electron chi connectivity index (χ3n) is 1.34. The molecule has 0 radical (unpaired) electrons. The van der Waals surface area contributed by atoms with Crippen LogP contribution in [-0.4, -0.2) is 42.6 Å². The summed E-state index contributed by atoms with van der Waals surface area (Å²) in [6.07, 6.45) is 2.39. The van der Waals surface area contributed by atoms with Crippen LogP contribution in [0.4, 0.5) is 4.79 Å². The summed E-state index contributed by atoms with van der Waals surface area (Å²) in [5.74, 6) is 0. The molecule has 0 fully saturated rings. The van der Waals surface area contributed by atoms with E-state index >= 15 is 0 Å². The second kappa shape index (κ2) is 5.08. The van der Waals surface area contributed by atoms with Gasteiger partial charge in [-0.1, -0.05) is 0 Å². The van der Waals surface area contributed by atoms with E-state index in [0.717, 1.165) is 9.80 Å². The van der Waals surface area contributed by atoms with Crippen LogP contribution < -0.4 is 0 Å². The predicted octanol–water partition coefficient (Wildman–Crippen LogP) is 0.229. The van der Waals surface area contributed by atoms with Crippen LogP contribution >= 0.6 is 0 Å². The number of carbonyl (C=O) groups excluding carboxylic acids is 3. The number of hydrogen-bond acceptors (Lipinski definition) is 3. The maximum Gasteiger partial charge on any atom is 0.329 e. The van der Waals surface area contributed by atoms with Crippen molar-refractivity contribution in [1.29, 1.82) is 0 Å². The van der Waals surface area contributed by atoms with Crippen molar-refractivity contribution < 1.29 is 14.4 Å². The van der Waals surface area contributed by atoms with Gasteiger partial charge in [0.2, 0.25) is 6.41 Å². The van der Waals surface area contributed by atoms with Gasteiger partial charge in [0.1, 0.15) is 6.29 Å². The maximum atomic E-state index is 11.2. The van der Waals surface area contributed by atoms with Gasteiger partial charge in [0.25, 0.3) is 0 Å². The second-order valence-corrected chi connectivity index (χ2v) is 2.60. The highest BCUT2D eigenvalue weighted by Crippen LogP contribution is 1.95. The molecular weight excluding hydrogens is 172 g/mol. The van der Waals surface area contributed by atoms with Gasteiger partial charge < -0.3 is 4.90 Å². The molecule has 0 unspecified atom stereocenters. The van der Waals surface area contributed by atoms with Crippen LogP contribution in [0.5, 0.6) is 0 Å². The number of nitrogens with zero attached hydrogens (tertiary/aromatic N) is 2. The van der Waals surface area contributed by atoms with Crippen LogP contribution in [0.1, 0.15) is 6.92 Å². The second-order valence-electron chi connectivity index (χ2n) is 2.60. The van der Waals surface area contributed by atoms with Crippen LogP contribution in [0.25, 0.3) is 0 Å². The van der Waals surface area contributed by atoms with Crippen LogP contribution in [0.2, 0.25) is 0 Å². The summed E-state index contributed by atoms with van der Waals surface area (Å²) in [4.78, 5) is 33.6. The lowest BCUT2D eigenvalue weighted by atomic mass is 10.4. The summed E-state index contributed by atoms with van der Waals surface area (Å²) in [5, 5.41) is 0. The number of carbonyl (C=O) groups is 3. The molecule has 72 valence electrons. The van der Waals surface area contributed by atoms with Crippen LogP contribution in [0.3, 0.4) is 0 Å². The van der Waals surface area contributed by atoms with Crippen LogP contribution in [0, 0.1) is 0 Å². The molecule has 0 aromatic rings. The molecule has 0 saturated heterocycles.